The van der Waals surface area contributed by atoms with Gasteiger partial charge >= 0.3 is 5.97 Å². The molecule has 0 saturated carbocycles. The summed E-state index contributed by atoms with van der Waals surface area (Å²) in [4.78, 5) is 54.6. The number of aromatic amines is 1. The molecule has 1 rings (SSSR count). The molecule has 0 aliphatic rings. The zero-order valence-electron chi connectivity index (χ0n) is 15.5. The van der Waals surface area contributed by atoms with Crippen LogP contribution in [0.4, 0.5) is 0 Å². The zero-order valence-corrected chi connectivity index (χ0v) is 16.3. The van der Waals surface area contributed by atoms with Crippen LogP contribution in [0.15, 0.2) is 12.5 Å². The van der Waals surface area contributed by atoms with E-state index in [0.717, 1.165) is 17.5 Å². The highest BCUT2D eigenvalue weighted by atomic mass is 32.2. The third kappa shape index (κ3) is 8.83. The van der Waals surface area contributed by atoms with Gasteiger partial charge < -0.3 is 20.8 Å². The van der Waals surface area contributed by atoms with Crippen molar-refractivity contribution in [2.45, 2.75) is 38.6 Å². The summed E-state index contributed by atoms with van der Waals surface area (Å²) in [5.74, 6) is -1.60. The van der Waals surface area contributed by atoms with Crippen molar-refractivity contribution in [1.29, 1.82) is 0 Å². The molecule has 10 heteroatoms. The highest BCUT2D eigenvalue weighted by Crippen LogP contribution is 2.21. The zero-order chi connectivity index (χ0) is 20.2. The molecule has 1 heterocycles. The molecule has 0 aliphatic carbocycles. The van der Waals surface area contributed by atoms with E-state index < -0.39 is 23.8 Å². The Labute approximate surface area is 162 Å². The normalized spacial score (nSPS) is 12.9. The van der Waals surface area contributed by atoms with Gasteiger partial charge in [0.15, 0.2) is 5.12 Å². The van der Waals surface area contributed by atoms with Crippen molar-refractivity contribution >= 4 is 34.5 Å². The standard InChI is InChI=1S/C17H26N4O5S/c1-11(22)21-15(16(24)26-2)9-27-17(25)12(6-13-8-19-10-20-13)7-14(23)4-3-5-18/h8,10,12,15H,3-7,9,18H2,1-2H3,(H,19,20)(H,21,22)/t12-,15?/m1/s1. The maximum atomic E-state index is 12.7. The molecule has 1 unspecified atom stereocenters. The van der Waals surface area contributed by atoms with Crippen LogP contribution in [-0.4, -0.2) is 58.2 Å². The van der Waals surface area contributed by atoms with Gasteiger partial charge in [0.2, 0.25) is 5.91 Å². The van der Waals surface area contributed by atoms with Crippen LogP contribution in [0.25, 0.3) is 0 Å². The largest absolute Gasteiger partial charge is 0.467 e. The minimum absolute atomic E-state index is 0.0293. The number of H-pyrrole nitrogens is 1. The minimum Gasteiger partial charge on any atom is -0.467 e. The first-order valence-electron chi connectivity index (χ1n) is 8.58. The number of imidazole rings is 1. The van der Waals surface area contributed by atoms with Crippen LogP contribution in [0.3, 0.4) is 0 Å². The van der Waals surface area contributed by atoms with E-state index in [2.05, 4.69) is 20.0 Å². The van der Waals surface area contributed by atoms with Crippen LogP contribution < -0.4 is 11.1 Å². The van der Waals surface area contributed by atoms with Gasteiger partial charge in [-0.1, -0.05) is 11.8 Å². The summed E-state index contributed by atoms with van der Waals surface area (Å²) in [7, 11) is 1.21. The number of esters is 1. The molecule has 4 N–H and O–H groups in total. The summed E-state index contributed by atoms with van der Waals surface area (Å²) in [6, 6.07) is -0.929. The molecule has 0 fully saturated rings. The number of aromatic nitrogens is 2. The van der Waals surface area contributed by atoms with Gasteiger partial charge in [0, 0.05) is 49.7 Å². The van der Waals surface area contributed by atoms with E-state index in [1.54, 1.807) is 6.20 Å². The number of nitrogens with two attached hydrogens (primary N) is 1. The molecule has 0 aliphatic heterocycles. The molecule has 0 bridgehead atoms. The fourth-order valence-corrected chi connectivity index (χ4v) is 3.37. The van der Waals surface area contributed by atoms with Crippen LogP contribution in [0.1, 0.15) is 31.9 Å². The lowest BCUT2D eigenvalue weighted by molar-refractivity contribution is -0.144. The molecular weight excluding hydrogens is 372 g/mol. The maximum Gasteiger partial charge on any atom is 0.329 e. The number of carbonyl (C=O) groups is 4. The number of rotatable bonds is 12. The van der Waals surface area contributed by atoms with Crippen LogP contribution in [0.2, 0.25) is 0 Å². The number of methoxy groups -OCH3 is 1. The number of amides is 1. The molecular formula is C17H26N4O5S. The first kappa shape index (κ1) is 22.8. The van der Waals surface area contributed by atoms with E-state index in [0.29, 0.717) is 25.8 Å². The van der Waals surface area contributed by atoms with Crippen molar-refractivity contribution in [3.63, 3.8) is 0 Å². The number of ether oxygens (including phenoxy) is 1. The lowest BCUT2D eigenvalue weighted by Crippen LogP contribution is -2.42. The number of ketones is 1. The molecule has 0 radical (unpaired) electrons. The number of nitrogens with zero attached hydrogens (tertiary/aromatic N) is 1. The topological polar surface area (TPSA) is 144 Å². The number of hydrogen-bond donors (Lipinski definition) is 3. The smallest absolute Gasteiger partial charge is 0.329 e. The Hall–Kier alpha value is -2.20. The van der Waals surface area contributed by atoms with Crippen LogP contribution in [0, 0.1) is 5.92 Å². The van der Waals surface area contributed by atoms with Gasteiger partial charge in [-0.25, -0.2) is 9.78 Å². The van der Waals surface area contributed by atoms with E-state index >= 15 is 0 Å². The van der Waals surface area contributed by atoms with E-state index in [4.69, 9.17) is 5.73 Å². The predicted molar refractivity (Wildman–Crippen MR) is 101 cm³/mol. The van der Waals surface area contributed by atoms with Crippen molar-refractivity contribution in [3.05, 3.63) is 18.2 Å². The Morgan fingerprint density at radius 3 is 2.67 bits per heavy atom. The van der Waals surface area contributed by atoms with Crippen molar-refractivity contribution < 1.29 is 23.9 Å². The molecule has 150 valence electrons. The van der Waals surface area contributed by atoms with Gasteiger partial charge in [0.25, 0.3) is 0 Å². The number of nitrogens with one attached hydrogen (secondary N) is 2. The Bertz CT molecular complexity index is 635. The van der Waals surface area contributed by atoms with Crippen LogP contribution in [-0.2, 0) is 30.3 Å². The molecule has 1 amide bonds. The quantitative estimate of drug-likeness (QED) is 0.424. The fourth-order valence-electron chi connectivity index (χ4n) is 2.42. The van der Waals surface area contributed by atoms with Crippen LogP contribution in [0.5, 0.6) is 0 Å². The number of thioether (sulfide) groups is 1. The van der Waals surface area contributed by atoms with E-state index in [1.807, 2.05) is 0 Å². The fraction of sp³-hybridized carbons (Fsp3) is 0.588. The van der Waals surface area contributed by atoms with Crippen molar-refractivity contribution in [3.8, 4) is 0 Å². The molecule has 2 atom stereocenters. The lowest BCUT2D eigenvalue weighted by atomic mass is 9.96. The van der Waals surface area contributed by atoms with Gasteiger partial charge in [-0.3, -0.25) is 14.4 Å². The van der Waals surface area contributed by atoms with Gasteiger partial charge in [0.1, 0.15) is 11.8 Å². The molecule has 0 aromatic carbocycles. The Morgan fingerprint density at radius 1 is 1.37 bits per heavy atom. The average molecular weight is 398 g/mol. The van der Waals surface area contributed by atoms with Gasteiger partial charge in [-0.2, -0.15) is 0 Å². The molecule has 9 nitrogen and oxygen atoms in total. The predicted octanol–water partition coefficient (Wildman–Crippen LogP) is 0.204. The van der Waals surface area contributed by atoms with Crippen molar-refractivity contribution in [2.24, 2.45) is 11.7 Å². The first-order valence-corrected chi connectivity index (χ1v) is 9.56. The molecule has 1 aromatic heterocycles. The van der Waals surface area contributed by atoms with Crippen molar-refractivity contribution in [2.75, 3.05) is 19.4 Å². The summed E-state index contributed by atoms with van der Waals surface area (Å²) in [5.41, 5.74) is 6.17. The Balaban J connectivity index is 2.74. The van der Waals surface area contributed by atoms with Gasteiger partial charge in [-0.05, 0) is 13.0 Å². The highest BCUT2D eigenvalue weighted by Gasteiger charge is 2.27. The third-order valence-electron chi connectivity index (χ3n) is 3.74. The minimum atomic E-state index is -0.929. The second-order valence-corrected chi connectivity index (χ2v) is 7.04. The second kappa shape index (κ2) is 12.2. The number of hydrogen-bond acceptors (Lipinski definition) is 8. The molecule has 0 saturated heterocycles. The number of carbonyl (C=O) groups excluding carboxylic acids is 4. The van der Waals surface area contributed by atoms with E-state index in [1.165, 1.54) is 20.4 Å². The SMILES string of the molecule is COC(=O)C(CSC(=O)[C@@H](CC(=O)CCCN)Cc1cnc[nH]1)NC(C)=O. The Kier molecular flexibility index (Phi) is 10.3. The van der Waals surface area contributed by atoms with Crippen LogP contribution >= 0.6 is 11.8 Å². The summed E-state index contributed by atoms with van der Waals surface area (Å²) in [5, 5.41) is 2.22. The Morgan fingerprint density at radius 2 is 2.11 bits per heavy atom. The monoisotopic (exact) mass is 398 g/mol. The maximum absolute atomic E-state index is 12.7. The van der Waals surface area contributed by atoms with Crippen molar-refractivity contribution in [1.82, 2.24) is 15.3 Å². The molecule has 27 heavy (non-hydrogen) atoms. The third-order valence-corrected chi connectivity index (χ3v) is 4.86. The molecule has 1 aromatic rings. The summed E-state index contributed by atoms with van der Waals surface area (Å²) in [6.45, 7) is 1.69. The lowest BCUT2D eigenvalue weighted by Gasteiger charge is -2.17. The van der Waals surface area contributed by atoms with Gasteiger partial charge in [-0.15, -0.1) is 0 Å². The first-order chi connectivity index (χ1) is 12.9. The van der Waals surface area contributed by atoms with E-state index in [9.17, 15) is 19.2 Å². The second-order valence-electron chi connectivity index (χ2n) is 6.02. The van der Waals surface area contributed by atoms with Gasteiger partial charge in [0.05, 0.1) is 13.4 Å². The summed E-state index contributed by atoms with van der Waals surface area (Å²) >= 11 is 0.900. The number of Topliss-reactive ketones (excluding diaryl/α,β-unsaturated/α-hetero) is 1. The summed E-state index contributed by atoms with van der Waals surface area (Å²) < 4.78 is 4.64. The average Bonchev–Trinajstić information content (AvgIpc) is 3.14. The van der Waals surface area contributed by atoms with E-state index in [-0.39, 0.29) is 23.1 Å². The highest BCUT2D eigenvalue weighted by molar-refractivity contribution is 8.13. The molecule has 0 spiro atoms. The summed E-state index contributed by atoms with van der Waals surface area (Å²) in [6.07, 6.45) is 4.43.